The number of carbonyl (C=O) groups excluding carboxylic acids is 2. The molecule has 0 unspecified atom stereocenters. The normalized spacial score (nSPS) is 11.4. The lowest BCUT2D eigenvalue weighted by molar-refractivity contribution is -0.144. The van der Waals surface area contributed by atoms with Gasteiger partial charge in [0.05, 0.1) is 19.7 Å². The molecular formula is C19H26N2O3. The zero-order chi connectivity index (χ0) is 17.7. The highest BCUT2D eigenvalue weighted by molar-refractivity contribution is 6.10. The standard InChI is InChI=1S/C19H26N2O3/c1-5-24-18(23)12-21(10-13(2)3)11-17(22)19-14(4)20-16-9-7-6-8-15(16)19/h6-9,13,20H,5,10-12H2,1-4H3. The Morgan fingerprint density at radius 2 is 1.92 bits per heavy atom. The number of para-hydroxylation sites is 1. The van der Waals surface area contributed by atoms with Gasteiger partial charge in [-0.05, 0) is 25.8 Å². The van der Waals surface area contributed by atoms with Crippen molar-refractivity contribution in [3.05, 3.63) is 35.5 Å². The molecule has 0 aliphatic heterocycles. The van der Waals surface area contributed by atoms with Crippen LogP contribution < -0.4 is 0 Å². The van der Waals surface area contributed by atoms with Gasteiger partial charge >= 0.3 is 5.97 Å². The number of nitrogens with zero attached hydrogens (tertiary/aromatic N) is 1. The van der Waals surface area contributed by atoms with Crippen molar-refractivity contribution < 1.29 is 14.3 Å². The van der Waals surface area contributed by atoms with E-state index in [2.05, 4.69) is 18.8 Å². The minimum absolute atomic E-state index is 0.0231. The van der Waals surface area contributed by atoms with Crippen LogP contribution in [-0.4, -0.2) is 47.9 Å². The van der Waals surface area contributed by atoms with E-state index >= 15 is 0 Å². The molecule has 0 aliphatic rings. The van der Waals surface area contributed by atoms with Crippen molar-refractivity contribution in [2.45, 2.75) is 27.7 Å². The van der Waals surface area contributed by atoms with Gasteiger partial charge in [0.15, 0.2) is 5.78 Å². The van der Waals surface area contributed by atoms with Crippen LogP contribution in [0.1, 0.15) is 36.8 Å². The second-order valence-electron chi connectivity index (χ2n) is 6.46. The fourth-order valence-electron chi connectivity index (χ4n) is 3.01. The average molecular weight is 330 g/mol. The highest BCUT2D eigenvalue weighted by Gasteiger charge is 2.21. The van der Waals surface area contributed by atoms with Crippen molar-refractivity contribution in [3.8, 4) is 0 Å². The van der Waals surface area contributed by atoms with Gasteiger partial charge in [-0.2, -0.15) is 0 Å². The number of esters is 1. The summed E-state index contributed by atoms with van der Waals surface area (Å²) in [4.78, 5) is 29.8. The summed E-state index contributed by atoms with van der Waals surface area (Å²) in [6.07, 6.45) is 0. The Bertz CT molecular complexity index is 718. The quantitative estimate of drug-likeness (QED) is 0.596. The second-order valence-corrected chi connectivity index (χ2v) is 6.46. The Morgan fingerprint density at radius 3 is 2.58 bits per heavy atom. The Morgan fingerprint density at radius 1 is 1.21 bits per heavy atom. The minimum atomic E-state index is -0.290. The number of benzene rings is 1. The molecule has 5 nitrogen and oxygen atoms in total. The van der Waals surface area contributed by atoms with E-state index in [4.69, 9.17) is 4.74 Å². The Labute approximate surface area is 143 Å². The molecule has 0 spiro atoms. The third-order valence-electron chi connectivity index (χ3n) is 3.82. The van der Waals surface area contributed by atoms with Crippen molar-refractivity contribution >= 4 is 22.7 Å². The lowest BCUT2D eigenvalue weighted by Gasteiger charge is -2.22. The maximum Gasteiger partial charge on any atom is 0.320 e. The van der Waals surface area contributed by atoms with E-state index in [9.17, 15) is 9.59 Å². The molecular weight excluding hydrogens is 304 g/mol. The molecule has 24 heavy (non-hydrogen) atoms. The summed E-state index contributed by atoms with van der Waals surface area (Å²) < 4.78 is 5.02. The highest BCUT2D eigenvalue weighted by Crippen LogP contribution is 2.22. The molecule has 130 valence electrons. The molecule has 0 saturated carbocycles. The van der Waals surface area contributed by atoms with Crippen LogP contribution in [0.4, 0.5) is 0 Å². The Kier molecular flexibility index (Phi) is 6.15. The first-order valence-electron chi connectivity index (χ1n) is 8.40. The Hall–Kier alpha value is -2.14. The molecule has 0 atom stereocenters. The molecule has 2 rings (SSSR count). The molecule has 0 radical (unpaired) electrons. The number of nitrogens with one attached hydrogen (secondary N) is 1. The van der Waals surface area contributed by atoms with Crippen LogP contribution in [0.5, 0.6) is 0 Å². The number of aromatic nitrogens is 1. The summed E-state index contributed by atoms with van der Waals surface area (Å²) in [5, 5.41) is 0.931. The molecule has 0 amide bonds. The lowest BCUT2D eigenvalue weighted by atomic mass is 10.1. The third-order valence-corrected chi connectivity index (χ3v) is 3.82. The zero-order valence-corrected chi connectivity index (χ0v) is 14.9. The minimum Gasteiger partial charge on any atom is -0.465 e. The summed E-state index contributed by atoms with van der Waals surface area (Å²) in [6.45, 7) is 9.20. The van der Waals surface area contributed by atoms with Gasteiger partial charge < -0.3 is 9.72 Å². The van der Waals surface area contributed by atoms with Gasteiger partial charge in [-0.25, -0.2) is 0 Å². The van der Waals surface area contributed by atoms with Crippen LogP contribution in [0.15, 0.2) is 24.3 Å². The number of fused-ring (bicyclic) bond motifs is 1. The Balaban J connectivity index is 2.19. The van der Waals surface area contributed by atoms with Gasteiger partial charge in [-0.1, -0.05) is 32.0 Å². The van der Waals surface area contributed by atoms with Crippen LogP contribution in [-0.2, 0) is 9.53 Å². The van der Waals surface area contributed by atoms with Crippen LogP contribution in [0.25, 0.3) is 10.9 Å². The largest absolute Gasteiger partial charge is 0.465 e. The first-order valence-corrected chi connectivity index (χ1v) is 8.40. The molecule has 0 fully saturated rings. The molecule has 1 aromatic carbocycles. The number of carbonyl (C=O) groups is 2. The summed E-state index contributed by atoms with van der Waals surface area (Å²) in [5.41, 5.74) is 2.53. The second kappa shape index (κ2) is 8.11. The number of aryl methyl sites for hydroxylation is 1. The number of ketones is 1. The van der Waals surface area contributed by atoms with E-state index in [-0.39, 0.29) is 24.8 Å². The van der Waals surface area contributed by atoms with Crippen molar-refractivity contribution in [1.29, 1.82) is 0 Å². The first-order chi connectivity index (χ1) is 11.4. The van der Waals surface area contributed by atoms with Gasteiger partial charge in [0.1, 0.15) is 0 Å². The number of ether oxygens (including phenoxy) is 1. The van der Waals surface area contributed by atoms with Crippen molar-refractivity contribution in [2.24, 2.45) is 5.92 Å². The SMILES string of the molecule is CCOC(=O)CN(CC(=O)c1c(C)[nH]c2ccccc12)CC(C)C. The number of H-pyrrole nitrogens is 1. The van der Waals surface area contributed by atoms with Crippen LogP contribution in [0, 0.1) is 12.8 Å². The molecule has 0 saturated heterocycles. The third kappa shape index (κ3) is 4.45. The monoisotopic (exact) mass is 330 g/mol. The van der Waals surface area contributed by atoms with E-state index < -0.39 is 0 Å². The number of hydrogen-bond acceptors (Lipinski definition) is 4. The maximum absolute atomic E-state index is 12.9. The molecule has 0 bridgehead atoms. The molecule has 2 aromatic rings. The van der Waals surface area contributed by atoms with Gasteiger partial charge in [-0.3, -0.25) is 14.5 Å². The topological polar surface area (TPSA) is 62.4 Å². The smallest absolute Gasteiger partial charge is 0.320 e. The molecule has 1 N–H and O–H groups in total. The van der Waals surface area contributed by atoms with Crippen molar-refractivity contribution in [2.75, 3.05) is 26.2 Å². The van der Waals surface area contributed by atoms with E-state index in [0.29, 0.717) is 24.6 Å². The fraction of sp³-hybridized carbons (Fsp3) is 0.474. The average Bonchev–Trinajstić information content (AvgIpc) is 2.82. The number of hydrogen-bond donors (Lipinski definition) is 1. The van der Waals surface area contributed by atoms with Crippen molar-refractivity contribution in [3.63, 3.8) is 0 Å². The van der Waals surface area contributed by atoms with E-state index in [1.54, 1.807) is 6.92 Å². The van der Waals surface area contributed by atoms with Gasteiger partial charge in [0.25, 0.3) is 0 Å². The fourth-order valence-corrected chi connectivity index (χ4v) is 3.01. The van der Waals surface area contributed by atoms with Gasteiger partial charge in [-0.15, -0.1) is 0 Å². The summed E-state index contributed by atoms with van der Waals surface area (Å²) in [5.74, 6) is 0.0905. The maximum atomic E-state index is 12.9. The lowest BCUT2D eigenvalue weighted by Crippen LogP contribution is -2.38. The van der Waals surface area contributed by atoms with Crippen LogP contribution >= 0.6 is 0 Å². The summed E-state index contributed by atoms with van der Waals surface area (Å²) in [7, 11) is 0. The van der Waals surface area contributed by atoms with Gasteiger partial charge in [0, 0.05) is 28.7 Å². The van der Waals surface area contributed by atoms with Crippen LogP contribution in [0.2, 0.25) is 0 Å². The van der Waals surface area contributed by atoms with Crippen molar-refractivity contribution in [1.82, 2.24) is 9.88 Å². The predicted molar refractivity (Wildman–Crippen MR) is 95.3 cm³/mol. The van der Waals surface area contributed by atoms with Gasteiger partial charge in [0.2, 0.25) is 0 Å². The zero-order valence-electron chi connectivity index (χ0n) is 14.9. The summed E-state index contributed by atoms with van der Waals surface area (Å²) in [6, 6.07) is 7.78. The number of rotatable bonds is 8. The predicted octanol–water partition coefficient (Wildman–Crippen LogP) is 3.18. The van der Waals surface area contributed by atoms with E-state index in [0.717, 1.165) is 16.6 Å². The molecule has 1 heterocycles. The molecule has 1 aromatic heterocycles. The first kappa shape index (κ1) is 18.2. The van der Waals surface area contributed by atoms with Crippen LogP contribution in [0.3, 0.4) is 0 Å². The summed E-state index contributed by atoms with van der Waals surface area (Å²) >= 11 is 0. The van der Waals surface area contributed by atoms with E-state index in [1.165, 1.54) is 0 Å². The molecule has 5 heteroatoms. The number of Topliss-reactive ketones (excluding diaryl/α,β-unsaturated/α-hetero) is 1. The number of aromatic amines is 1. The highest BCUT2D eigenvalue weighted by atomic mass is 16.5. The molecule has 0 aliphatic carbocycles. The van der Waals surface area contributed by atoms with E-state index in [1.807, 2.05) is 36.1 Å².